The van der Waals surface area contributed by atoms with Gasteiger partial charge in [-0.05, 0) is 42.3 Å². The number of ether oxygens (including phenoxy) is 1. The first-order chi connectivity index (χ1) is 16.3. The number of aromatic amines is 1. The van der Waals surface area contributed by atoms with Crippen LogP contribution >= 0.6 is 0 Å². The van der Waals surface area contributed by atoms with Crippen LogP contribution < -0.4 is 10.5 Å². The Hall–Kier alpha value is -3.59. The Kier molecular flexibility index (Phi) is 5.65. The zero-order chi connectivity index (χ0) is 23.9. The van der Waals surface area contributed by atoms with Crippen LogP contribution in [-0.2, 0) is 10.9 Å². The molecule has 0 bridgehead atoms. The highest BCUT2D eigenvalue weighted by molar-refractivity contribution is 5.95. The molecule has 9 heteroatoms. The lowest BCUT2D eigenvalue weighted by Crippen LogP contribution is -2.36. The number of rotatable bonds is 4. The van der Waals surface area contributed by atoms with Crippen LogP contribution in [0.5, 0.6) is 0 Å². The van der Waals surface area contributed by atoms with Crippen LogP contribution in [0.2, 0.25) is 0 Å². The Labute approximate surface area is 193 Å². The van der Waals surface area contributed by atoms with Crippen molar-refractivity contribution in [2.45, 2.75) is 19.1 Å². The average Bonchev–Trinajstić information content (AvgIpc) is 3.27. The van der Waals surface area contributed by atoms with Gasteiger partial charge < -0.3 is 19.2 Å². The van der Waals surface area contributed by atoms with E-state index in [1.165, 1.54) is 16.7 Å². The van der Waals surface area contributed by atoms with Crippen LogP contribution in [-0.4, -0.2) is 40.8 Å². The number of halogens is 3. The molecule has 0 saturated carbocycles. The smallest absolute Gasteiger partial charge is 0.378 e. The summed E-state index contributed by atoms with van der Waals surface area (Å²) < 4.78 is 46.2. The number of benzene rings is 1. The third-order valence-corrected chi connectivity index (χ3v) is 6.27. The van der Waals surface area contributed by atoms with Crippen molar-refractivity contribution in [3.8, 4) is 11.1 Å². The van der Waals surface area contributed by atoms with E-state index in [1.807, 2.05) is 12.4 Å². The van der Waals surface area contributed by atoms with Crippen LogP contribution in [0.25, 0.3) is 22.2 Å². The van der Waals surface area contributed by atoms with Gasteiger partial charge in [0.1, 0.15) is 5.65 Å². The average molecular weight is 468 g/mol. The molecule has 5 rings (SSSR count). The third-order valence-electron chi connectivity index (χ3n) is 6.27. The van der Waals surface area contributed by atoms with E-state index >= 15 is 0 Å². The minimum Gasteiger partial charge on any atom is -0.378 e. The van der Waals surface area contributed by atoms with E-state index in [2.05, 4.69) is 20.9 Å². The van der Waals surface area contributed by atoms with Crippen molar-refractivity contribution in [2.75, 3.05) is 31.2 Å². The lowest BCUT2D eigenvalue weighted by Gasteiger charge is -2.28. The van der Waals surface area contributed by atoms with Crippen LogP contribution in [0.15, 0.2) is 65.8 Å². The first kappa shape index (κ1) is 22.2. The molecule has 1 N–H and O–H groups in total. The molecule has 1 aliphatic rings. The number of nitrogens with zero attached hydrogens (tertiary/aromatic N) is 3. The zero-order valence-corrected chi connectivity index (χ0v) is 18.5. The maximum atomic E-state index is 13.1. The maximum absolute atomic E-state index is 13.1. The van der Waals surface area contributed by atoms with E-state index in [0.717, 1.165) is 41.9 Å². The van der Waals surface area contributed by atoms with Gasteiger partial charge in [0.25, 0.3) is 5.56 Å². The Morgan fingerprint density at radius 1 is 1.12 bits per heavy atom. The largest absolute Gasteiger partial charge is 0.416 e. The van der Waals surface area contributed by atoms with Gasteiger partial charge in [-0.15, -0.1) is 0 Å². The van der Waals surface area contributed by atoms with Crippen molar-refractivity contribution in [1.82, 2.24) is 14.5 Å². The second kappa shape index (κ2) is 8.64. The maximum Gasteiger partial charge on any atom is 0.416 e. The minimum atomic E-state index is -4.44. The van der Waals surface area contributed by atoms with Crippen LogP contribution in [0.4, 0.5) is 18.9 Å². The number of hydrogen-bond acceptors (Lipinski definition) is 4. The number of pyridine rings is 2. The van der Waals surface area contributed by atoms with Crippen LogP contribution in [0.1, 0.15) is 24.1 Å². The molecule has 1 saturated heterocycles. The standard InChI is InChI=1S/C25H23F3N4O2/c1-16(17-3-2-4-19(11-17)25(26,27)28)32-6-5-18(12-23(32)33)22-15-30-24-21(22)13-20(14-29-24)31-7-9-34-10-8-31/h2-6,11-16H,7-10H2,1H3,(H,29,30). The van der Waals surface area contributed by atoms with Gasteiger partial charge in [-0.1, -0.05) is 12.1 Å². The number of H-pyrrole nitrogens is 1. The molecule has 176 valence electrons. The van der Waals surface area contributed by atoms with Gasteiger partial charge in [-0.2, -0.15) is 13.2 Å². The van der Waals surface area contributed by atoms with Gasteiger partial charge in [0.15, 0.2) is 0 Å². The third kappa shape index (κ3) is 4.19. The normalized spacial score (nSPS) is 15.6. The highest BCUT2D eigenvalue weighted by atomic mass is 19.4. The molecule has 0 aliphatic carbocycles. The highest BCUT2D eigenvalue weighted by Gasteiger charge is 2.30. The van der Waals surface area contributed by atoms with E-state index in [-0.39, 0.29) is 5.56 Å². The van der Waals surface area contributed by atoms with Crippen molar-refractivity contribution < 1.29 is 17.9 Å². The fraction of sp³-hybridized carbons (Fsp3) is 0.280. The zero-order valence-electron chi connectivity index (χ0n) is 18.5. The summed E-state index contributed by atoms with van der Waals surface area (Å²) in [7, 11) is 0. The summed E-state index contributed by atoms with van der Waals surface area (Å²) in [5.41, 5.74) is 2.64. The summed E-state index contributed by atoms with van der Waals surface area (Å²) in [5.74, 6) is 0. The predicted molar refractivity (Wildman–Crippen MR) is 124 cm³/mol. The molecule has 4 aromatic rings. The van der Waals surface area contributed by atoms with Gasteiger partial charge >= 0.3 is 6.18 Å². The Morgan fingerprint density at radius 3 is 2.65 bits per heavy atom. The quantitative estimate of drug-likeness (QED) is 0.465. The molecular formula is C25H23F3N4O2. The second-order valence-corrected chi connectivity index (χ2v) is 8.35. The van der Waals surface area contributed by atoms with E-state index in [1.54, 1.807) is 25.3 Å². The molecule has 1 atom stereocenters. The highest BCUT2D eigenvalue weighted by Crippen LogP contribution is 2.32. The number of anilines is 1. The SMILES string of the molecule is CC(c1cccc(C(F)(F)F)c1)n1ccc(-c2c[nH]c3ncc(N4CCOCC4)cc23)cc1=O. The van der Waals surface area contributed by atoms with Gasteiger partial charge in [-0.25, -0.2) is 4.98 Å². The number of alkyl halides is 3. The first-order valence-corrected chi connectivity index (χ1v) is 11.0. The number of morpholine rings is 1. The van der Waals surface area contributed by atoms with E-state index in [9.17, 15) is 18.0 Å². The molecule has 0 spiro atoms. The Balaban J connectivity index is 1.48. The van der Waals surface area contributed by atoms with E-state index < -0.39 is 17.8 Å². The molecule has 0 radical (unpaired) electrons. The number of aromatic nitrogens is 3. The van der Waals surface area contributed by atoms with Crippen molar-refractivity contribution in [1.29, 1.82) is 0 Å². The molecule has 1 fully saturated rings. The van der Waals surface area contributed by atoms with Crippen molar-refractivity contribution in [3.63, 3.8) is 0 Å². The van der Waals surface area contributed by atoms with Gasteiger partial charge in [0.05, 0.1) is 36.7 Å². The molecule has 34 heavy (non-hydrogen) atoms. The number of hydrogen-bond donors (Lipinski definition) is 1. The first-order valence-electron chi connectivity index (χ1n) is 11.0. The lowest BCUT2D eigenvalue weighted by molar-refractivity contribution is -0.137. The minimum absolute atomic E-state index is 0.297. The van der Waals surface area contributed by atoms with Gasteiger partial charge in [-0.3, -0.25) is 4.79 Å². The predicted octanol–water partition coefficient (Wildman–Crippen LogP) is 4.86. The monoisotopic (exact) mass is 468 g/mol. The van der Waals surface area contributed by atoms with Crippen molar-refractivity contribution in [3.05, 3.63) is 82.5 Å². The van der Waals surface area contributed by atoms with E-state index in [4.69, 9.17) is 4.74 Å². The summed E-state index contributed by atoms with van der Waals surface area (Å²) in [6.45, 7) is 4.62. The van der Waals surface area contributed by atoms with Crippen LogP contribution in [0.3, 0.4) is 0 Å². The molecule has 1 aromatic carbocycles. The fourth-order valence-electron chi connectivity index (χ4n) is 4.34. The van der Waals surface area contributed by atoms with Crippen molar-refractivity contribution >= 4 is 16.7 Å². The molecule has 4 heterocycles. The van der Waals surface area contributed by atoms with Gasteiger partial charge in [0, 0.05) is 42.5 Å². The number of fused-ring (bicyclic) bond motifs is 1. The Morgan fingerprint density at radius 2 is 1.91 bits per heavy atom. The summed E-state index contributed by atoms with van der Waals surface area (Å²) in [6, 6.07) is 9.88. The summed E-state index contributed by atoms with van der Waals surface area (Å²) in [5, 5.41) is 0.895. The van der Waals surface area contributed by atoms with E-state index in [0.29, 0.717) is 30.0 Å². The molecule has 1 aliphatic heterocycles. The summed E-state index contributed by atoms with van der Waals surface area (Å²) >= 11 is 0. The molecular weight excluding hydrogens is 445 g/mol. The molecule has 0 amide bonds. The van der Waals surface area contributed by atoms with Crippen molar-refractivity contribution in [2.24, 2.45) is 0 Å². The Bertz CT molecular complexity index is 1390. The molecule has 3 aromatic heterocycles. The summed E-state index contributed by atoms with van der Waals surface area (Å²) in [6.07, 6.45) is 0.827. The molecule has 1 unspecified atom stereocenters. The summed E-state index contributed by atoms with van der Waals surface area (Å²) in [4.78, 5) is 22.9. The molecule has 6 nitrogen and oxygen atoms in total. The topological polar surface area (TPSA) is 63.1 Å². The number of nitrogens with one attached hydrogen (secondary N) is 1. The lowest BCUT2D eigenvalue weighted by atomic mass is 10.0. The van der Waals surface area contributed by atoms with Crippen LogP contribution in [0, 0.1) is 0 Å². The fourth-order valence-corrected chi connectivity index (χ4v) is 4.34. The van der Waals surface area contributed by atoms with Gasteiger partial charge in [0.2, 0.25) is 0 Å². The second-order valence-electron chi connectivity index (χ2n) is 8.35.